The van der Waals surface area contributed by atoms with Gasteiger partial charge in [-0.15, -0.1) is 21.5 Å². The second-order valence-corrected chi connectivity index (χ2v) is 9.21. The van der Waals surface area contributed by atoms with Crippen LogP contribution < -0.4 is 15.5 Å². The normalized spacial score (nSPS) is 14.0. The molecule has 6 rings (SSSR count). The van der Waals surface area contributed by atoms with E-state index in [0.717, 1.165) is 57.1 Å². The van der Waals surface area contributed by atoms with Crippen LogP contribution in [0.3, 0.4) is 0 Å². The molecule has 164 valence electrons. The molecule has 3 heterocycles. The molecule has 0 bridgehead atoms. The summed E-state index contributed by atoms with van der Waals surface area (Å²) in [6, 6.07) is 23.0. The number of nitrogens with one attached hydrogen (secondary N) is 2. The fourth-order valence-electron chi connectivity index (χ4n) is 4.40. The van der Waals surface area contributed by atoms with E-state index in [2.05, 4.69) is 73.2 Å². The number of hydrogen-bond acceptors (Lipinski definition) is 7. The Bertz CT molecular complexity index is 1410. The maximum Gasteiger partial charge on any atom is 0.161 e. The molecule has 2 aromatic heterocycles. The highest BCUT2D eigenvalue weighted by Gasteiger charge is 2.12. The van der Waals surface area contributed by atoms with E-state index in [-0.39, 0.29) is 0 Å². The number of fused-ring (bicyclic) bond motifs is 2. The van der Waals surface area contributed by atoms with Crippen LogP contribution in [-0.4, -0.2) is 28.3 Å². The highest BCUT2D eigenvalue weighted by Crippen LogP contribution is 2.31. The summed E-state index contributed by atoms with van der Waals surface area (Å²) in [6.07, 6.45) is 3.90. The van der Waals surface area contributed by atoms with Gasteiger partial charge in [-0.25, -0.2) is 4.98 Å². The van der Waals surface area contributed by atoms with Crippen molar-refractivity contribution in [3.63, 3.8) is 0 Å². The molecule has 2 N–H and O–H groups in total. The Morgan fingerprint density at radius 1 is 0.727 bits per heavy atom. The van der Waals surface area contributed by atoms with E-state index < -0.39 is 0 Å². The Morgan fingerprint density at radius 3 is 2.12 bits per heavy atom. The van der Waals surface area contributed by atoms with Crippen molar-refractivity contribution in [3.05, 3.63) is 72.2 Å². The molecule has 0 saturated carbocycles. The zero-order valence-electron chi connectivity index (χ0n) is 18.2. The molecule has 1 aliphatic heterocycles. The first-order valence-corrected chi connectivity index (χ1v) is 12.2. The van der Waals surface area contributed by atoms with Gasteiger partial charge in [-0.05, 0) is 61.7 Å². The van der Waals surface area contributed by atoms with Gasteiger partial charge in [0.2, 0.25) is 0 Å². The van der Waals surface area contributed by atoms with Crippen molar-refractivity contribution >= 4 is 61.0 Å². The van der Waals surface area contributed by atoms with Crippen molar-refractivity contribution in [1.29, 1.82) is 0 Å². The number of aromatic nitrogens is 3. The number of rotatable bonds is 5. The van der Waals surface area contributed by atoms with Gasteiger partial charge in [0.15, 0.2) is 11.6 Å². The molecule has 0 spiro atoms. The van der Waals surface area contributed by atoms with Crippen LogP contribution in [0.1, 0.15) is 19.3 Å². The average Bonchev–Trinajstić information content (AvgIpc) is 3.35. The number of piperidine rings is 1. The SMILES string of the molecule is c1ccc2c(Nc3ccc4ncsc4c3)nnc(Nc3ccc(N4CCCCC4)cc3)c2c1. The second kappa shape index (κ2) is 8.67. The van der Waals surface area contributed by atoms with Gasteiger partial charge in [0.25, 0.3) is 0 Å². The third-order valence-corrected chi connectivity index (χ3v) is 6.92. The van der Waals surface area contributed by atoms with Crippen molar-refractivity contribution in [3.8, 4) is 0 Å². The van der Waals surface area contributed by atoms with Gasteiger partial charge in [0.05, 0.1) is 15.7 Å². The lowest BCUT2D eigenvalue weighted by atomic mass is 10.1. The monoisotopic (exact) mass is 452 g/mol. The molecule has 0 unspecified atom stereocenters. The van der Waals surface area contributed by atoms with E-state index in [1.165, 1.54) is 24.9 Å². The Kier molecular flexibility index (Phi) is 5.24. The average molecular weight is 453 g/mol. The molecule has 7 heteroatoms. The molecule has 1 fully saturated rings. The standard InChI is InChI=1S/C26H24N6S/c1-4-14-32(15-5-1)20-11-8-18(9-12-20)28-25-21-6-2-3-7-22(21)26(31-30-25)29-19-10-13-23-24(16-19)33-17-27-23/h2-3,6-13,16-17H,1,4-5,14-15H2,(H,28,30)(H,29,31). The first-order chi connectivity index (χ1) is 16.3. The number of thiazole rings is 1. The van der Waals surface area contributed by atoms with Gasteiger partial charge in [-0.3, -0.25) is 0 Å². The molecule has 3 aromatic carbocycles. The molecule has 33 heavy (non-hydrogen) atoms. The van der Waals surface area contributed by atoms with Crippen LogP contribution in [0, 0.1) is 0 Å². The zero-order valence-corrected chi connectivity index (χ0v) is 19.0. The van der Waals surface area contributed by atoms with Crippen molar-refractivity contribution in [2.75, 3.05) is 28.6 Å². The predicted molar refractivity (Wildman–Crippen MR) is 138 cm³/mol. The third-order valence-electron chi connectivity index (χ3n) is 6.13. The first kappa shape index (κ1) is 19.9. The summed E-state index contributed by atoms with van der Waals surface area (Å²) in [6.45, 7) is 2.29. The third kappa shape index (κ3) is 4.07. The fraction of sp³-hybridized carbons (Fsp3) is 0.192. The smallest absolute Gasteiger partial charge is 0.161 e. The van der Waals surface area contributed by atoms with E-state index >= 15 is 0 Å². The summed E-state index contributed by atoms with van der Waals surface area (Å²) in [5.74, 6) is 1.49. The molecular weight excluding hydrogens is 428 g/mol. The highest BCUT2D eigenvalue weighted by atomic mass is 32.1. The second-order valence-electron chi connectivity index (χ2n) is 8.32. The molecule has 0 amide bonds. The van der Waals surface area contributed by atoms with Gasteiger partial charge in [0, 0.05) is 40.9 Å². The van der Waals surface area contributed by atoms with E-state index in [4.69, 9.17) is 0 Å². The highest BCUT2D eigenvalue weighted by molar-refractivity contribution is 7.16. The van der Waals surface area contributed by atoms with Crippen LogP contribution in [0.2, 0.25) is 0 Å². The van der Waals surface area contributed by atoms with Crippen LogP contribution in [0.25, 0.3) is 21.0 Å². The van der Waals surface area contributed by atoms with Crippen molar-refractivity contribution in [2.45, 2.75) is 19.3 Å². The molecule has 1 aliphatic rings. The molecule has 0 atom stereocenters. The van der Waals surface area contributed by atoms with E-state index in [9.17, 15) is 0 Å². The van der Waals surface area contributed by atoms with Gasteiger partial charge in [-0.2, -0.15) is 0 Å². The van der Waals surface area contributed by atoms with Crippen molar-refractivity contribution in [2.24, 2.45) is 0 Å². The maximum atomic E-state index is 4.52. The quantitative estimate of drug-likeness (QED) is 0.309. The van der Waals surface area contributed by atoms with E-state index in [1.807, 2.05) is 29.8 Å². The fourth-order valence-corrected chi connectivity index (χ4v) is 5.12. The summed E-state index contributed by atoms with van der Waals surface area (Å²) < 4.78 is 1.14. The lowest BCUT2D eigenvalue weighted by Gasteiger charge is -2.28. The topological polar surface area (TPSA) is 66.0 Å². The molecular formula is C26H24N6S. The largest absolute Gasteiger partial charge is 0.372 e. The van der Waals surface area contributed by atoms with Gasteiger partial charge >= 0.3 is 0 Å². The summed E-state index contributed by atoms with van der Waals surface area (Å²) >= 11 is 1.63. The van der Waals surface area contributed by atoms with Crippen LogP contribution in [0.5, 0.6) is 0 Å². The van der Waals surface area contributed by atoms with Gasteiger partial charge < -0.3 is 15.5 Å². The first-order valence-electron chi connectivity index (χ1n) is 11.3. The van der Waals surface area contributed by atoms with E-state index in [0.29, 0.717) is 0 Å². The Hall–Kier alpha value is -3.71. The van der Waals surface area contributed by atoms with Gasteiger partial charge in [-0.1, -0.05) is 24.3 Å². The summed E-state index contributed by atoms with van der Waals surface area (Å²) in [4.78, 5) is 6.82. The Morgan fingerprint density at radius 2 is 1.39 bits per heavy atom. The lowest BCUT2D eigenvalue weighted by molar-refractivity contribution is 0.578. The molecule has 0 radical (unpaired) electrons. The minimum absolute atomic E-state index is 0.737. The van der Waals surface area contributed by atoms with Crippen LogP contribution in [0.15, 0.2) is 72.2 Å². The number of nitrogens with zero attached hydrogens (tertiary/aromatic N) is 4. The summed E-state index contributed by atoms with van der Waals surface area (Å²) in [5.41, 5.74) is 6.14. The predicted octanol–water partition coefficient (Wildman–Crippen LogP) is 6.72. The zero-order chi connectivity index (χ0) is 22.0. The maximum absolute atomic E-state index is 4.52. The minimum atomic E-state index is 0.737. The summed E-state index contributed by atoms with van der Waals surface area (Å²) in [5, 5.41) is 18.0. The van der Waals surface area contributed by atoms with Crippen molar-refractivity contribution < 1.29 is 0 Å². The Balaban J connectivity index is 1.27. The Labute approximate surface area is 196 Å². The molecule has 5 aromatic rings. The van der Waals surface area contributed by atoms with Crippen LogP contribution in [-0.2, 0) is 0 Å². The number of benzene rings is 3. The van der Waals surface area contributed by atoms with Gasteiger partial charge in [0.1, 0.15) is 0 Å². The van der Waals surface area contributed by atoms with Crippen molar-refractivity contribution in [1.82, 2.24) is 15.2 Å². The number of hydrogen-bond donors (Lipinski definition) is 2. The van der Waals surface area contributed by atoms with Crippen LogP contribution in [0.4, 0.5) is 28.7 Å². The molecule has 0 aliphatic carbocycles. The number of anilines is 5. The lowest BCUT2D eigenvalue weighted by Crippen LogP contribution is -2.29. The summed E-state index contributed by atoms with van der Waals surface area (Å²) in [7, 11) is 0. The van der Waals surface area contributed by atoms with E-state index in [1.54, 1.807) is 11.3 Å². The minimum Gasteiger partial charge on any atom is -0.372 e. The molecule has 1 saturated heterocycles. The van der Waals surface area contributed by atoms with Crippen LogP contribution >= 0.6 is 11.3 Å². The molecule has 6 nitrogen and oxygen atoms in total.